The highest BCUT2D eigenvalue weighted by atomic mass is 35.5. The van der Waals surface area contributed by atoms with Crippen molar-refractivity contribution in [1.82, 2.24) is 19.6 Å². The number of ether oxygens (including phenoxy) is 1. The Hall–Kier alpha value is -2.92. The van der Waals surface area contributed by atoms with Crippen LogP contribution < -0.4 is 4.74 Å². The Kier molecular flexibility index (Phi) is 4.77. The van der Waals surface area contributed by atoms with Gasteiger partial charge in [-0.15, -0.1) is 5.10 Å². The maximum atomic E-state index is 5.91. The fourth-order valence-corrected chi connectivity index (χ4v) is 2.87. The molecule has 0 atom stereocenters. The summed E-state index contributed by atoms with van der Waals surface area (Å²) in [5.74, 6) is 2.46. The fourth-order valence-electron chi connectivity index (χ4n) is 2.74. The van der Waals surface area contributed by atoms with Crippen LogP contribution in [-0.4, -0.2) is 19.6 Å². The molecule has 0 saturated carbocycles. The molecule has 2 aromatic heterocycles. The van der Waals surface area contributed by atoms with Crippen molar-refractivity contribution in [2.75, 3.05) is 0 Å². The summed E-state index contributed by atoms with van der Waals surface area (Å²) in [6, 6.07) is 17.5. The third kappa shape index (κ3) is 3.78. The quantitative estimate of drug-likeness (QED) is 0.482. The van der Waals surface area contributed by atoms with Crippen LogP contribution in [0.1, 0.15) is 31.2 Å². The van der Waals surface area contributed by atoms with Crippen molar-refractivity contribution >= 4 is 17.4 Å². The summed E-state index contributed by atoms with van der Waals surface area (Å²) in [7, 11) is 0. The molecule has 4 aromatic rings. The molecule has 0 amide bonds. The first-order valence-electron chi connectivity index (χ1n) is 8.79. The van der Waals surface area contributed by atoms with E-state index in [4.69, 9.17) is 16.3 Å². The van der Waals surface area contributed by atoms with Gasteiger partial charge in [-0.05, 0) is 48.0 Å². The smallest absolute Gasteiger partial charge is 0.252 e. The fraction of sp³-hybridized carbons (Fsp3) is 0.190. The molecule has 0 N–H and O–H groups in total. The second-order valence-corrected chi connectivity index (χ2v) is 7.04. The Labute approximate surface area is 162 Å². The van der Waals surface area contributed by atoms with Crippen molar-refractivity contribution in [3.63, 3.8) is 0 Å². The van der Waals surface area contributed by atoms with Gasteiger partial charge in [-0.3, -0.25) is 0 Å². The predicted octanol–water partition coefficient (Wildman–Crippen LogP) is 5.15. The first-order valence-corrected chi connectivity index (χ1v) is 9.17. The molecule has 4 rings (SSSR count). The molecule has 0 bridgehead atoms. The van der Waals surface area contributed by atoms with Crippen molar-refractivity contribution in [1.29, 1.82) is 0 Å². The summed E-state index contributed by atoms with van der Waals surface area (Å²) in [6.07, 6.45) is 1.76. The van der Waals surface area contributed by atoms with Crippen molar-refractivity contribution in [2.45, 2.75) is 26.4 Å². The lowest BCUT2D eigenvalue weighted by atomic mass is 10.1. The van der Waals surface area contributed by atoms with E-state index in [9.17, 15) is 0 Å². The van der Waals surface area contributed by atoms with Gasteiger partial charge in [0.25, 0.3) is 5.78 Å². The van der Waals surface area contributed by atoms with Crippen LogP contribution in [0.15, 0.2) is 60.8 Å². The number of rotatable bonds is 5. The molecule has 0 saturated heterocycles. The minimum absolute atomic E-state index is 0.253. The second kappa shape index (κ2) is 7.37. The van der Waals surface area contributed by atoms with Crippen molar-refractivity contribution in [3.05, 3.63) is 77.2 Å². The lowest BCUT2D eigenvalue weighted by Crippen LogP contribution is -1.98. The third-order valence-corrected chi connectivity index (χ3v) is 4.49. The van der Waals surface area contributed by atoms with E-state index in [0.29, 0.717) is 12.4 Å². The highest BCUT2D eigenvalue weighted by molar-refractivity contribution is 6.30. The van der Waals surface area contributed by atoms with Gasteiger partial charge >= 0.3 is 0 Å². The normalized spacial score (nSPS) is 11.3. The van der Waals surface area contributed by atoms with E-state index in [-0.39, 0.29) is 5.92 Å². The van der Waals surface area contributed by atoms with E-state index in [2.05, 4.69) is 28.9 Å². The van der Waals surface area contributed by atoms with Crippen LogP contribution in [0.2, 0.25) is 5.02 Å². The van der Waals surface area contributed by atoms with E-state index >= 15 is 0 Å². The zero-order valence-electron chi connectivity index (χ0n) is 15.1. The number of aromatic nitrogens is 4. The molecule has 0 aliphatic heterocycles. The SMILES string of the molecule is CC(C)c1nc2nccc(-c3ccc(OCc4ccc(Cl)cc4)cc3)n2n1. The van der Waals surface area contributed by atoms with Crippen LogP contribution in [0.25, 0.3) is 17.0 Å². The average molecular weight is 379 g/mol. The van der Waals surface area contributed by atoms with E-state index in [0.717, 1.165) is 33.4 Å². The molecular weight excluding hydrogens is 360 g/mol. The average Bonchev–Trinajstić information content (AvgIpc) is 3.13. The van der Waals surface area contributed by atoms with Crippen LogP contribution in [0, 0.1) is 0 Å². The monoisotopic (exact) mass is 378 g/mol. The number of fused-ring (bicyclic) bond motifs is 1. The number of hydrogen-bond acceptors (Lipinski definition) is 4. The van der Waals surface area contributed by atoms with Gasteiger partial charge in [-0.25, -0.2) is 4.98 Å². The van der Waals surface area contributed by atoms with Crippen LogP contribution >= 0.6 is 11.6 Å². The lowest BCUT2D eigenvalue weighted by Gasteiger charge is -2.08. The molecule has 6 heteroatoms. The van der Waals surface area contributed by atoms with Crippen LogP contribution in [0.3, 0.4) is 0 Å². The largest absolute Gasteiger partial charge is 0.489 e. The number of halogens is 1. The molecule has 0 spiro atoms. The highest BCUT2D eigenvalue weighted by Gasteiger charge is 2.12. The first-order chi connectivity index (χ1) is 13.1. The Morgan fingerprint density at radius 2 is 1.74 bits per heavy atom. The third-order valence-electron chi connectivity index (χ3n) is 4.24. The summed E-state index contributed by atoms with van der Waals surface area (Å²) >= 11 is 5.91. The van der Waals surface area contributed by atoms with Gasteiger partial charge in [0, 0.05) is 22.7 Å². The molecule has 0 aliphatic carbocycles. The minimum atomic E-state index is 0.253. The van der Waals surface area contributed by atoms with E-state index in [1.807, 2.05) is 54.6 Å². The molecule has 2 aromatic carbocycles. The Bertz CT molecular complexity index is 1060. The van der Waals surface area contributed by atoms with E-state index < -0.39 is 0 Å². The highest BCUT2D eigenvalue weighted by Crippen LogP contribution is 2.24. The summed E-state index contributed by atoms with van der Waals surface area (Å²) in [4.78, 5) is 8.80. The van der Waals surface area contributed by atoms with Gasteiger partial charge < -0.3 is 4.74 Å². The summed E-state index contributed by atoms with van der Waals surface area (Å²) < 4.78 is 7.65. The first kappa shape index (κ1) is 17.5. The number of nitrogens with zero attached hydrogens (tertiary/aromatic N) is 4. The number of benzene rings is 2. The summed E-state index contributed by atoms with van der Waals surface area (Å²) in [5.41, 5.74) is 3.05. The molecule has 136 valence electrons. The summed E-state index contributed by atoms with van der Waals surface area (Å²) in [5, 5.41) is 5.32. The molecular formula is C21H19ClN4O. The van der Waals surface area contributed by atoms with E-state index in [1.165, 1.54) is 0 Å². The zero-order chi connectivity index (χ0) is 18.8. The summed E-state index contributed by atoms with van der Waals surface area (Å²) in [6.45, 7) is 4.64. The van der Waals surface area contributed by atoms with Gasteiger partial charge in [0.15, 0.2) is 5.82 Å². The molecule has 0 unspecified atom stereocenters. The van der Waals surface area contributed by atoms with Crippen LogP contribution in [-0.2, 0) is 6.61 Å². The van der Waals surface area contributed by atoms with Gasteiger partial charge in [0.05, 0.1) is 5.69 Å². The maximum Gasteiger partial charge on any atom is 0.252 e. The molecule has 0 radical (unpaired) electrons. The topological polar surface area (TPSA) is 52.3 Å². The predicted molar refractivity (Wildman–Crippen MR) is 106 cm³/mol. The molecule has 0 aliphatic rings. The van der Waals surface area contributed by atoms with Gasteiger partial charge in [-0.1, -0.05) is 37.6 Å². The molecule has 0 fully saturated rings. The van der Waals surface area contributed by atoms with Gasteiger partial charge in [0.1, 0.15) is 12.4 Å². The zero-order valence-corrected chi connectivity index (χ0v) is 15.9. The molecule has 27 heavy (non-hydrogen) atoms. The molecule has 2 heterocycles. The van der Waals surface area contributed by atoms with Crippen molar-refractivity contribution in [2.24, 2.45) is 0 Å². The van der Waals surface area contributed by atoms with Crippen molar-refractivity contribution < 1.29 is 4.74 Å². The second-order valence-electron chi connectivity index (χ2n) is 6.61. The number of hydrogen-bond donors (Lipinski definition) is 0. The minimum Gasteiger partial charge on any atom is -0.489 e. The lowest BCUT2D eigenvalue weighted by molar-refractivity contribution is 0.306. The Morgan fingerprint density at radius 1 is 1.00 bits per heavy atom. The van der Waals surface area contributed by atoms with E-state index in [1.54, 1.807) is 10.7 Å². The van der Waals surface area contributed by atoms with Crippen LogP contribution in [0.5, 0.6) is 5.75 Å². The Morgan fingerprint density at radius 3 is 2.44 bits per heavy atom. The van der Waals surface area contributed by atoms with Gasteiger partial charge in [0.2, 0.25) is 0 Å². The maximum absolute atomic E-state index is 5.91. The van der Waals surface area contributed by atoms with Crippen molar-refractivity contribution in [3.8, 4) is 17.0 Å². The molecule has 5 nitrogen and oxygen atoms in total. The standard InChI is InChI=1S/C21H19ClN4O/c1-14(2)20-24-21-23-12-11-19(26(21)25-20)16-5-9-18(10-6-16)27-13-15-3-7-17(22)8-4-15/h3-12,14H,13H2,1-2H3. The van der Waals surface area contributed by atoms with Crippen LogP contribution in [0.4, 0.5) is 0 Å². The van der Waals surface area contributed by atoms with Gasteiger partial charge in [-0.2, -0.15) is 9.50 Å². The Balaban J connectivity index is 1.55.